The van der Waals surface area contributed by atoms with Gasteiger partial charge in [-0.05, 0) is 0 Å². The predicted octanol–water partition coefficient (Wildman–Crippen LogP) is 3.16. The van der Waals surface area contributed by atoms with Crippen LogP contribution in [0.2, 0.25) is 4.47 Å². The summed E-state index contributed by atoms with van der Waals surface area (Å²) in [6.45, 7) is 5.01. The summed E-state index contributed by atoms with van der Waals surface area (Å²) in [5.41, 5.74) is 0.991. The molecule has 0 spiro atoms. The van der Waals surface area contributed by atoms with Crippen molar-refractivity contribution in [3.63, 3.8) is 0 Å². The molecule has 0 N–H and O–H groups in total. The van der Waals surface area contributed by atoms with E-state index in [4.69, 9.17) is 11.6 Å². The third kappa shape index (κ3) is 2.38. The standard InChI is InChI=1S/C10H12ClN3S/c1-7(2)9-12-3-4-14(9)5-8-6-15-10(11)13-8/h3-4,6-7H,5H2,1-2H3. The highest BCUT2D eigenvalue weighted by atomic mass is 35.5. The molecule has 0 atom stereocenters. The first-order valence-corrected chi connectivity index (χ1v) is 6.03. The largest absolute Gasteiger partial charge is 0.329 e. The van der Waals surface area contributed by atoms with Gasteiger partial charge in [0.15, 0.2) is 4.47 Å². The molecule has 0 unspecified atom stereocenters. The number of nitrogens with zero attached hydrogens (tertiary/aromatic N) is 3. The maximum absolute atomic E-state index is 5.79. The van der Waals surface area contributed by atoms with E-state index in [0.717, 1.165) is 18.1 Å². The van der Waals surface area contributed by atoms with Crippen LogP contribution >= 0.6 is 22.9 Å². The summed E-state index contributed by atoms with van der Waals surface area (Å²) >= 11 is 7.25. The van der Waals surface area contributed by atoms with Gasteiger partial charge in [-0.3, -0.25) is 0 Å². The topological polar surface area (TPSA) is 30.7 Å². The van der Waals surface area contributed by atoms with E-state index in [9.17, 15) is 0 Å². The highest BCUT2D eigenvalue weighted by Crippen LogP contribution is 2.18. The van der Waals surface area contributed by atoms with Gasteiger partial charge in [-0.2, -0.15) is 0 Å². The summed E-state index contributed by atoms with van der Waals surface area (Å²) in [7, 11) is 0. The number of hydrogen-bond donors (Lipinski definition) is 0. The maximum Gasteiger partial charge on any atom is 0.183 e. The minimum absolute atomic E-state index is 0.425. The Hall–Kier alpha value is -0.870. The van der Waals surface area contributed by atoms with Gasteiger partial charge in [0.1, 0.15) is 5.82 Å². The number of thiazole rings is 1. The van der Waals surface area contributed by atoms with E-state index < -0.39 is 0 Å². The summed E-state index contributed by atoms with van der Waals surface area (Å²) in [6, 6.07) is 0. The van der Waals surface area contributed by atoms with Crippen molar-refractivity contribution in [1.82, 2.24) is 14.5 Å². The van der Waals surface area contributed by atoms with Gasteiger partial charge in [0.05, 0.1) is 12.2 Å². The molecule has 2 aromatic rings. The van der Waals surface area contributed by atoms with Gasteiger partial charge < -0.3 is 4.57 Å². The average Bonchev–Trinajstić information content (AvgIpc) is 2.75. The molecule has 0 aliphatic heterocycles. The van der Waals surface area contributed by atoms with Crippen molar-refractivity contribution < 1.29 is 0 Å². The fourth-order valence-corrected chi connectivity index (χ4v) is 2.26. The Balaban J connectivity index is 2.20. The number of aromatic nitrogens is 3. The molecule has 3 nitrogen and oxygen atoms in total. The Labute approximate surface area is 97.8 Å². The SMILES string of the molecule is CC(C)c1nccn1Cc1csc(Cl)n1. The zero-order chi connectivity index (χ0) is 10.8. The Morgan fingerprint density at radius 3 is 2.93 bits per heavy atom. The van der Waals surface area contributed by atoms with E-state index >= 15 is 0 Å². The summed E-state index contributed by atoms with van der Waals surface area (Å²) in [5, 5.41) is 1.98. The van der Waals surface area contributed by atoms with Gasteiger partial charge in [0.2, 0.25) is 0 Å². The summed E-state index contributed by atoms with van der Waals surface area (Å²) in [4.78, 5) is 8.55. The average molecular weight is 242 g/mol. The van der Waals surface area contributed by atoms with Crippen molar-refractivity contribution in [2.45, 2.75) is 26.3 Å². The molecule has 0 aliphatic carbocycles. The number of imidazole rings is 1. The molecule has 0 aromatic carbocycles. The van der Waals surface area contributed by atoms with E-state index in [2.05, 4.69) is 28.4 Å². The fraction of sp³-hybridized carbons (Fsp3) is 0.400. The zero-order valence-corrected chi connectivity index (χ0v) is 10.2. The van der Waals surface area contributed by atoms with Crippen LogP contribution in [0.4, 0.5) is 0 Å². The molecule has 2 rings (SSSR count). The van der Waals surface area contributed by atoms with Crippen LogP contribution in [0.3, 0.4) is 0 Å². The summed E-state index contributed by atoms with van der Waals surface area (Å²) < 4.78 is 2.70. The van der Waals surface area contributed by atoms with Crippen molar-refractivity contribution in [2.24, 2.45) is 0 Å². The number of hydrogen-bond acceptors (Lipinski definition) is 3. The van der Waals surface area contributed by atoms with Crippen LogP contribution in [0.15, 0.2) is 17.8 Å². The third-order valence-electron chi connectivity index (χ3n) is 2.12. The van der Waals surface area contributed by atoms with E-state index in [-0.39, 0.29) is 0 Å². The van der Waals surface area contributed by atoms with Crippen molar-refractivity contribution in [3.8, 4) is 0 Å². The van der Waals surface area contributed by atoms with E-state index in [1.54, 1.807) is 0 Å². The predicted molar refractivity (Wildman–Crippen MR) is 62.5 cm³/mol. The normalized spacial score (nSPS) is 11.2. The second-order valence-corrected chi connectivity index (χ2v) is 5.10. The monoisotopic (exact) mass is 241 g/mol. The van der Waals surface area contributed by atoms with Crippen molar-refractivity contribution in [3.05, 3.63) is 33.8 Å². The quantitative estimate of drug-likeness (QED) is 0.827. The molecule has 0 saturated carbocycles. The smallest absolute Gasteiger partial charge is 0.183 e. The Morgan fingerprint density at radius 2 is 2.33 bits per heavy atom. The van der Waals surface area contributed by atoms with Gasteiger partial charge in [0, 0.05) is 23.7 Å². The number of rotatable bonds is 3. The second-order valence-electron chi connectivity index (χ2n) is 3.66. The fourth-order valence-electron chi connectivity index (χ4n) is 1.48. The second kappa shape index (κ2) is 4.33. The number of halogens is 1. The van der Waals surface area contributed by atoms with Gasteiger partial charge in [-0.1, -0.05) is 25.4 Å². The van der Waals surface area contributed by atoms with E-state index in [1.807, 2.05) is 17.8 Å². The lowest BCUT2D eigenvalue weighted by molar-refractivity contribution is 0.663. The lowest BCUT2D eigenvalue weighted by Gasteiger charge is -2.08. The Morgan fingerprint density at radius 1 is 1.53 bits per heavy atom. The van der Waals surface area contributed by atoms with Crippen LogP contribution < -0.4 is 0 Å². The van der Waals surface area contributed by atoms with Crippen LogP contribution in [-0.4, -0.2) is 14.5 Å². The van der Waals surface area contributed by atoms with E-state index in [1.165, 1.54) is 11.3 Å². The minimum Gasteiger partial charge on any atom is -0.329 e. The minimum atomic E-state index is 0.425. The van der Waals surface area contributed by atoms with Gasteiger partial charge in [-0.15, -0.1) is 11.3 Å². The summed E-state index contributed by atoms with van der Waals surface area (Å²) in [6.07, 6.45) is 3.80. The van der Waals surface area contributed by atoms with Crippen LogP contribution in [0.1, 0.15) is 31.3 Å². The highest BCUT2D eigenvalue weighted by molar-refractivity contribution is 7.13. The molecular weight excluding hydrogens is 230 g/mol. The molecule has 2 aromatic heterocycles. The first-order valence-electron chi connectivity index (χ1n) is 4.77. The first kappa shape index (κ1) is 10.6. The van der Waals surface area contributed by atoms with Gasteiger partial charge in [-0.25, -0.2) is 9.97 Å². The van der Waals surface area contributed by atoms with Crippen LogP contribution in [0, 0.1) is 0 Å². The Kier molecular flexibility index (Phi) is 3.07. The molecule has 0 fully saturated rings. The zero-order valence-electron chi connectivity index (χ0n) is 8.64. The van der Waals surface area contributed by atoms with E-state index in [0.29, 0.717) is 10.4 Å². The molecule has 0 aliphatic rings. The van der Waals surface area contributed by atoms with Gasteiger partial charge in [0.25, 0.3) is 0 Å². The highest BCUT2D eigenvalue weighted by Gasteiger charge is 2.08. The molecule has 5 heteroatoms. The van der Waals surface area contributed by atoms with Crippen LogP contribution in [0.5, 0.6) is 0 Å². The maximum atomic E-state index is 5.79. The van der Waals surface area contributed by atoms with Gasteiger partial charge >= 0.3 is 0 Å². The first-order chi connectivity index (χ1) is 7.16. The molecule has 0 radical (unpaired) electrons. The molecule has 0 saturated heterocycles. The molecule has 0 amide bonds. The summed E-state index contributed by atoms with van der Waals surface area (Å²) in [5.74, 6) is 1.51. The lowest BCUT2D eigenvalue weighted by Crippen LogP contribution is -2.05. The van der Waals surface area contributed by atoms with Crippen LogP contribution in [0.25, 0.3) is 0 Å². The van der Waals surface area contributed by atoms with Crippen molar-refractivity contribution >= 4 is 22.9 Å². The lowest BCUT2D eigenvalue weighted by atomic mass is 10.2. The molecule has 0 bridgehead atoms. The molecule has 2 heterocycles. The van der Waals surface area contributed by atoms with Crippen molar-refractivity contribution in [2.75, 3.05) is 0 Å². The van der Waals surface area contributed by atoms with Crippen molar-refractivity contribution in [1.29, 1.82) is 0 Å². The third-order valence-corrected chi connectivity index (χ3v) is 3.15. The molecular formula is C10H12ClN3S. The molecule has 80 valence electrons. The van der Waals surface area contributed by atoms with Crippen LogP contribution in [-0.2, 0) is 6.54 Å². The molecule has 15 heavy (non-hydrogen) atoms. The Bertz CT molecular complexity index is 447.